The minimum Gasteiger partial charge on any atom is -0.497 e. The molecule has 0 aliphatic rings. The summed E-state index contributed by atoms with van der Waals surface area (Å²) in [5.74, 6) is 3.20. The first-order valence-electron chi connectivity index (χ1n) is 10.2. The van der Waals surface area contributed by atoms with Crippen molar-refractivity contribution in [2.45, 2.75) is 19.8 Å². The van der Waals surface area contributed by atoms with Crippen LogP contribution in [0.3, 0.4) is 0 Å². The molecule has 0 atom stereocenters. The van der Waals surface area contributed by atoms with Crippen molar-refractivity contribution in [3.63, 3.8) is 0 Å². The molecule has 8 heteroatoms. The predicted octanol–water partition coefficient (Wildman–Crippen LogP) is 3.61. The van der Waals surface area contributed by atoms with Gasteiger partial charge in [0.05, 0.1) is 20.3 Å². The maximum Gasteiger partial charge on any atom is 0.227 e. The van der Waals surface area contributed by atoms with E-state index in [2.05, 4.69) is 10.1 Å². The summed E-state index contributed by atoms with van der Waals surface area (Å²) in [6.07, 6.45) is 0.663. The van der Waals surface area contributed by atoms with Crippen LogP contribution >= 0.6 is 0 Å². The van der Waals surface area contributed by atoms with Gasteiger partial charge < -0.3 is 23.6 Å². The fraction of sp³-hybridized carbons (Fsp3) is 0.348. The van der Waals surface area contributed by atoms with Gasteiger partial charge in [0.15, 0.2) is 0 Å². The number of carbonyl (C=O) groups excluding carboxylic acids is 1. The SMILES string of the molecule is CCOc1ccc(-c2noc(CCC(=O)N(C)CCOc3ccc(OC)cc3)n2)cc1. The summed E-state index contributed by atoms with van der Waals surface area (Å²) in [7, 11) is 3.37. The number of hydrogen-bond acceptors (Lipinski definition) is 7. The van der Waals surface area contributed by atoms with E-state index in [9.17, 15) is 4.79 Å². The van der Waals surface area contributed by atoms with Gasteiger partial charge in [-0.25, -0.2) is 0 Å². The zero-order valence-corrected chi connectivity index (χ0v) is 18.0. The molecular weight excluding hydrogens is 398 g/mol. The maximum atomic E-state index is 12.4. The Balaban J connectivity index is 1.42. The molecule has 0 unspecified atom stereocenters. The molecule has 3 rings (SSSR count). The van der Waals surface area contributed by atoms with E-state index in [1.165, 1.54) is 0 Å². The topological polar surface area (TPSA) is 86.9 Å². The lowest BCUT2D eigenvalue weighted by atomic mass is 10.2. The predicted molar refractivity (Wildman–Crippen MR) is 115 cm³/mol. The number of nitrogens with zero attached hydrogens (tertiary/aromatic N) is 3. The summed E-state index contributed by atoms with van der Waals surface area (Å²) < 4.78 is 21.5. The van der Waals surface area contributed by atoms with E-state index in [1.54, 1.807) is 19.1 Å². The fourth-order valence-corrected chi connectivity index (χ4v) is 2.84. The van der Waals surface area contributed by atoms with Crippen LogP contribution in [0.15, 0.2) is 53.1 Å². The maximum absolute atomic E-state index is 12.4. The van der Waals surface area contributed by atoms with Crippen molar-refractivity contribution in [1.29, 1.82) is 0 Å². The lowest BCUT2D eigenvalue weighted by molar-refractivity contribution is -0.130. The van der Waals surface area contributed by atoms with Gasteiger partial charge in [0.25, 0.3) is 0 Å². The van der Waals surface area contributed by atoms with Crippen molar-refractivity contribution in [3.8, 4) is 28.6 Å². The van der Waals surface area contributed by atoms with Crippen molar-refractivity contribution < 1.29 is 23.5 Å². The first-order valence-corrected chi connectivity index (χ1v) is 10.2. The zero-order chi connectivity index (χ0) is 22.1. The summed E-state index contributed by atoms with van der Waals surface area (Å²) in [6.45, 7) is 3.43. The van der Waals surface area contributed by atoms with E-state index in [1.807, 2.05) is 55.5 Å². The molecule has 3 aromatic rings. The van der Waals surface area contributed by atoms with Crippen molar-refractivity contribution in [2.75, 3.05) is 33.9 Å². The Morgan fingerprint density at radius 3 is 2.32 bits per heavy atom. The lowest BCUT2D eigenvalue weighted by Crippen LogP contribution is -2.31. The van der Waals surface area contributed by atoms with Crippen LogP contribution in [0, 0.1) is 0 Å². The van der Waals surface area contributed by atoms with Gasteiger partial charge in [-0.1, -0.05) is 5.16 Å². The van der Waals surface area contributed by atoms with Crippen LogP contribution in [-0.4, -0.2) is 54.9 Å². The largest absolute Gasteiger partial charge is 0.497 e. The number of carbonyl (C=O) groups is 1. The van der Waals surface area contributed by atoms with Crippen molar-refractivity contribution in [1.82, 2.24) is 15.0 Å². The molecule has 0 spiro atoms. The Bertz CT molecular complexity index is 954. The quantitative estimate of drug-likeness (QED) is 0.464. The van der Waals surface area contributed by atoms with E-state index >= 15 is 0 Å². The number of rotatable bonds is 11. The van der Waals surface area contributed by atoms with Crippen molar-refractivity contribution in [3.05, 3.63) is 54.4 Å². The molecular formula is C23H27N3O5. The van der Waals surface area contributed by atoms with Crippen LogP contribution in [0.2, 0.25) is 0 Å². The highest BCUT2D eigenvalue weighted by Crippen LogP contribution is 2.20. The van der Waals surface area contributed by atoms with Crippen LogP contribution in [0.5, 0.6) is 17.2 Å². The minimum atomic E-state index is -0.0147. The second-order valence-electron chi connectivity index (χ2n) is 6.81. The molecule has 164 valence electrons. The number of amides is 1. The first-order chi connectivity index (χ1) is 15.1. The van der Waals surface area contributed by atoms with E-state index < -0.39 is 0 Å². The Kier molecular flexibility index (Phi) is 7.86. The summed E-state index contributed by atoms with van der Waals surface area (Å²) in [6, 6.07) is 14.8. The van der Waals surface area contributed by atoms with Gasteiger partial charge >= 0.3 is 0 Å². The second-order valence-corrected chi connectivity index (χ2v) is 6.81. The summed E-state index contributed by atoms with van der Waals surface area (Å²) in [4.78, 5) is 18.4. The molecule has 1 amide bonds. The molecule has 31 heavy (non-hydrogen) atoms. The highest BCUT2D eigenvalue weighted by molar-refractivity contribution is 5.76. The van der Waals surface area contributed by atoms with Crippen molar-refractivity contribution >= 4 is 5.91 Å². The van der Waals surface area contributed by atoms with Gasteiger partial charge in [0.1, 0.15) is 23.9 Å². The highest BCUT2D eigenvalue weighted by atomic mass is 16.5. The van der Waals surface area contributed by atoms with Crippen LogP contribution < -0.4 is 14.2 Å². The monoisotopic (exact) mass is 425 g/mol. The Hall–Kier alpha value is -3.55. The molecule has 0 aliphatic carbocycles. The molecule has 0 fully saturated rings. The van der Waals surface area contributed by atoms with E-state index in [4.69, 9.17) is 18.7 Å². The Labute approximate surface area is 181 Å². The van der Waals surface area contributed by atoms with Gasteiger partial charge in [-0.3, -0.25) is 4.79 Å². The molecule has 2 aromatic carbocycles. The molecule has 0 bridgehead atoms. The van der Waals surface area contributed by atoms with Gasteiger partial charge in [0.2, 0.25) is 17.6 Å². The van der Waals surface area contributed by atoms with Gasteiger partial charge in [-0.15, -0.1) is 0 Å². The van der Waals surface area contributed by atoms with E-state index in [0.29, 0.717) is 37.9 Å². The fourth-order valence-electron chi connectivity index (χ4n) is 2.84. The molecule has 0 saturated heterocycles. The second kappa shape index (κ2) is 11.0. The van der Waals surface area contributed by atoms with E-state index in [-0.39, 0.29) is 12.3 Å². The van der Waals surface area contributed by atoms with E-state index in [0.717, 1.165) is 22.8 Å². The standard InChI is InChI=1S/C23H27N3O5/c1-4-29-19-7-5-17(6-8-19)23-24-21(31-25-23)13-14-22(27)26(2)15-16-30-20-11-9-18(28-3)10-12-20/h5-12H,4,13-16H2,1-3H3. The summed E-state index contributed by atoms with van der Waals surface area (Å²) >= 11 is 0. The van der Waals surface area contributed by atoms with Gasteiger partial charge in [-0.05, 0) is 55.5 Å². The average molecular weight is 425 g/mol. The molecule has 0 radical (unpaired) electrons. The highest BCUT2D eigenvalue weighted by Gasteiger charge is 2.13. The minimum absolute atomic E-state index is 0.0147. The third-order valence-electron chi connectivity index (χ3n) is 4.62. The number of hydrogen-bond donors (Lipinski definition) is 0. The van der Waals surface area contributed by atoms with Gasteiger partial charge in [0, 0.05) is 25.5 Å². The zero-order valence-electron chi connectivity index (χ0n) is 18.0. The summed E-state index contributed by atoms with van der Waals surface area (Å²) in [5, 5.41) is 4.00. The average Bonchev–Trinajstić information content (AvgIpc) is 3.27. The lowest BCUT2D eigenvalue weighted by Gasteiger charge is -2.17. The van der Waals surface area contributed by atoms with Crippen LogP contribution in [0.4, 0.5) is 0 Å². The van der Waals surface area contributed by atoms with Crippen molar-refractivity contribution in [2.24, 2.45) is 0 Å². The number of likely N-dealkylation sites (N-methyl/N-ethyl adjacent to an activating group) is 1. The number of benzene rings is 2. The Morgan fingerprint density at radius 2 is 1.65 bits per heavy atom. The molecule has 8 nitrogen and oxygen atoms in total. The molecule has 0 aliphatic heterocycles. The smallest absolute Gasteiger partial charge is 0.227 e. The molecule has 1 aromatic heterocycles. The molecule has 0 saturated carbocycles. The molecule has 0 N–H and O–H groups in total. The third-order valence-corrected chi connectivity index (χ3v) is 4.62. The Morgan fingerprint density at radius 1 is 1.00 bits per heavy atom. The molecule has 1 heterocycles. The van der Waals surface area contributed by atoms with Crippen LogP contribution in [0.25, 0.3) is 11.4 Å². The number of methoxy groups -OCH3 is 1. The number of aromatic nitrogens is 2. The van der Waals surface area contributed by atoms with Gasteiger partial charge in [-0.2, -0.15) is 4.98 Å². The first kappa shape index (κ1) is 22.1. The normalized spacial score (nSPS) is 10.5. The van der Waals surface area contributed by atoms with Crippen LogP contribution in [-0.2, 0) is 11.2 Å². The third kappa shape index (κ3) is 6.47. The van der Waals surface area contributed by atoms with Crippen LogP contribution in [0.1, 0.15) is 19.2 Å². The summed E-state index contributed by atoms with van der Waals surface area (Å²) in [5.41, 5.74) is 0.831. The number of ether oxygens (including phenoxy) is 3. The number of aryl methyl sites for hydroxylation is 1.